The number of benzene rings is 1. The van der Waals surface area contributed by atoms with Gasteiger partial charge in [0.2, 0.25) is 5.91 Å². The second-order valence-electron chi connectivity index (χ2n) is 4.96. The molecule has 1 heterocycles. The second-order valence-corrected chi connectivity index (χ2v) is 4.96. The molecular weight excluding hydrogens is 252 g/mol. The summed E-state index contributed by atoms with van der Waals surface area (Å²) in [7, 11) is 1.85. The van der Waals surface area contributed by atoms with E-state index < -0.39 is 0 Å². The van der Waals surface area contributed by atoms with Crippen LogP contribution in [-0.4, -0.2) is 15.7 Å². The molecule has 0 bridgehead atoms. The van der Waals surface area contributed by atoms with Crippen LogP contribution in [0.4, 0.5) is 0 Å². The van der Waals surface area contributed by atoms with Crippen molar-refractivity contribution in [2.24, 2.45) is 12.8 Å². The molecule has 0 aliphatic rings. The highest BCUT2D eigenvalue weighted by molar-refractivity contribution is 5.77. The lowest BCUT2D eigenvalue weighted by molar-refractivity contribution is -0.122. The van der Waals surface area contributed by atoms with Crippen LogP contribution in [0.15, 0.2) is 42.7 Å². The van der Waals surface area contributed by atoms with E-state index in [0.717, 1.165) is 11.1 Å². The molecule has 2 atom stereocenters. The van der Waals surface area contributed by atoms with Crippen LogP contribution in [0.5, 0.6) is 0 Å². The molecule has 1 amide bonds. The van der Waals surface area contributed by atoms with E-state index in [1.807, 2.05) is 50.5 Å². The van der Waals surface area contributed by atoms with Gasteiger partial charge in [-0.15, -0.1) is 0 Å². The van der Waals surface area contributed by atoms with Crippen molar-refractivity contribution in [2.75, 3.05) is 0 Å². The summed E-state index contributed by atoms with van der Waals surface area (Å²) < 4.78 is 1.72. The van der Waals surface area contributed by atoms with Crippen LogP contribution in [0.3, 0.4) is 0 Å². The summed E-state index contributed by atoms with van der Waals surface area (Å²) in [6.07, 6.45) is 3.92. The van der Waals surface area contributed by atoms with Crippen molar-refractivity contribution in [3.8, 4) is 0 Å². The molecule has 0 saturated carbocycles. The van der Waals surface area contributed by atoms with E-state index in [0.29, 0.717) is 0 Å². The van der Waals surface area contributed by atoms with Gasteiger partial charge in [-0.05, 0) is 12.5 Å². The zero-order valence-corrected chi connectivity index (χ0v) is 11.8. The predicted octanol–water partition coefficient (Wildman–Crippen LogP) is 1.69. The molecule has 2 aromatic rings. The Labute approximate surface area is 118 Å². The molecule has 0 fully saturated rings. The molecule has 2 unspecified atom stereocenters. The fraction of sp³-hybridized carbons (Fsp3) is 0.333. The Kier molecular flexibility index (Phi) is 4.53. The number of aryl methyl sites for hydroxylation is 1. The number of amides is 1. The quantitative estimate of drug-likeness (QED) is 0.870. The fourth-order valence-electron chi connectivity index (χ4n) is 2.07. The summed E-state index contributed by atoms with van der Waals surface area (Å²) in [6, 6.07) is 9.29. The third-order valence-corrected chi connectivity index (χ3v) is 3.24. The lowest BCUT2D eigenvalue weighted by Gasteiger charge is -2.15. The van der Waals surface area contributed by atoms with Gasteiger partial charge in [-0.25, -0.2) is 0 Å². The average molecular weight is 272 g/mol. The largest absolute Gasteiger partial charge is 0.349 e. The van der Waals surface area contributed by atoms with Gasteiger partial charge in [0, 0.05) is 31.3 Å². The molecule has 0 saturated heterocycles. The van der Waals surface area contributed by atoms with Crippen LogP contribution in [0.25, 0.3) is 0 Å². The lowest BCUT2D eigenvalue weighted by atomic mass is 10.0. The van der Waals surface area contributed by atoms with Gasteiger partial charge in [-0.1, -0.05) is 30.3 Å². The third kappa shape index (κ3) is 3.68. The van der Waals surface area contributed by atoms with Gasteiger partial charge in [0.1, 0.15) is 0 Å². The Balaban J connectivity index is 1.89. The van der Waals surface area contributed by atoms with Crippen molar-refractivity contribution in [1.29, 1.82) is 0 Å². The Morgan fingerprint density at radius 1 is 1.35 bits per heavy atom. The van der Waals surface area contributed by atoms with Gasteiger partial charge in [-0.2, -0.15) is 5.10 Å². The summed E-state index contributed by atoms with van der Waals surface area (Å²) in [6.45, 7) is 1.93. The number of carbonyl (C=O) groups excluding carboxylic acids is 1. The molecular formula is C15H20N4O. The molecule has 5 nitrogen and oxygen atoms in total. The van der Waals surface area contributed by atoms with Crippen molar-refractivity contribution < 1.29 is 4.79 Å². The number of carbonyl (C=O) groups is 1. The standard InChI is InChI=1S/C15H20N4O/c1-11(13-9-17-19(2)10-13)18-15(20)8-14(16)12-6-4-3-5-7-12/h3-7,9-11,14H,8,16H2,1-2H3,(H,18,20). The topological polar surface area (TPSA) is 72.9 Å². The normalized spacial score (nSPS) is 13.8. The van der Waals surface area contributed by atoms with Crippen molar-refractivity contribution in [3.05, 3.63) is 53.9 Å². The van der Waals surface area contributed by atoms with Gasteiger partial charge in [0.15, 0.2) is 0 Å². The van der Waals surface area contributed by atoms with E-state index in [1.54, 1.807) is 10.9 Å². The van der Waals surface area contributed by atoms with Crippen LogP contribution < -0.4 is 11.1 Å². The molecule has 0 radical (unpaired) electrons. The van der Waals surface area contributed by atoms with E-state index in [4.69, 9.17) is 5.73 Å². The van der Waals surface area contributed by atoms with Crippen molar-refractivity contribution in [3.63, 3.8) is 0 Å². The Morgan fingerprint density at radius 2 is 2.05 bits per heavy atom. The molecule has 106 valence electrons. The van der Waals surface area contributed by atoms with E-state index in [1.165, 1.54) is 0 Å². The number of hydrogen-bond acceptors (Lipinski definition) is 3. The zero-order chi connectivity index (χ0) is 14.5. The third-order valence-electron chi connectivity index (χ3n) is 3.24. The number of nitrogens with one attached hydrogen (secondary N) is 1. The van der Waals surface area contributed by atoms with Crippen LogP contribution in [-0.2, 0) is 11.8 Å². The van der Waals surface area contributed by atoms with Crippen LogP contribution in [0.1, 0.15) is 36.6 Å². The summed E-state index contributed by atoms with van der Waals surface area (Å²) in [5.74, 6) is -0.0577. The van der Waals surface area contributed by atoms with Gasteiger partial charge in [-0.3, -0.25) is 9.48 Å². The van der Waals surface area contributed by atoms with Gasteiger partial charge >= 0.3 is 0 Å². The van der Waals surface area contributed by atoms with Crippen molar-refractivity contribution in [2.45, 2.75) is 25.4 Å². The molecule has 0 aliphatic carbocycles. The van der Waals surface area contributed by atoms with Crippen LogP contribution in [0, 0.1) is 0 Å². The van der Waals surface area contributed by atoms with Crippen molar-refractivity contribution >= 4 is 5.91 Å². The molecule has 0 spiro atoms. The number of hydrogen-bond donors (Lipinski definition) is 2. The average Bonchev–Trinajstić information content (AvgIpc) is 2.86. The van der Waals surface area contributed by atoms with Gasteiger partial charge in [0.05, 0.1) is 12.2 Å². The first-order chi connectivity index (χ1) is 9.56. The molecule has 5 heteroatoms. The smallest absolute Gasteiger partial charge is 0.222 e. The Hall–Kier alpha value is -2.14. The minimum absolute atomic E-state index is 0.0577. The first-order valence-corrected chi connectivity index (χ1v) is 6.64. The highest BCUT2D eigenvalue weighted by Crippen LogP contribution is 2.15. The maximum Gasteiger partial charge on any atom is 0.222 e. The first kappa shape index (κ1) is 14.3. The molecule has 2 rings (SSSR count). The van der Waals surface area contributed by atoms with Crippen LogP contribution in [0.2, 0.25) is 0 Å². The van der Waals surface area contributed by atoms with E-state index in [-0.39, 0.29) is 24.4 Å². The van der Waals surface area contributed by atoms with Gasteiger partial charge in [0.25, 0.3) is 0 Å². The van der Waals surface area contributed by atoms with Crippen LogP contribution >= 0.6 is 0 Å². The molecule has 1 aromatic heterocycles. The minimum Gasteiger partial charge on any atom is -0.349 e. The fourth-order valence-corrected chi connectivity index (χ4v) is 2.07. The number of nitrogens with two attached hydrogens (primary N) is 1. The summed E-state index contributed by atoms with van der Waals surface area (Å²) in [5.41, 5.74) is 7.99. The van der Waals surface area contributed by atoms with Crippen molar-refractivity contribution in [1.82, 2.24) is 15.1 Å². The zero-order valence-electron chi connectivity index (χ0n) is 11.8. The summed E-state index contributed by atoms with van der Waals surface area (Å²) in [5, 5.41) is 7.03. The number of nitrogens with zero attached hydrogens (tertiary/aromatic N) is 2. The van der Waals surface area contributed by atoms with E-state index >= 15 is 0 Å². The Morgan fingerprint density at radius 3 is 2.65 bits per heavy atom. The molecule has 0 aliphatic heterocycles. The molecule has 3 N–H and O–H groups in total. The molecule has 1 aromatic carbocycles. The summed E-state index contributed by atoms with van der Waals surface area (Å²) >= 11 is 0. The highest BCUT2D eigenvalue weighted by atomic mass is 16.1. The monoisotopic (exact) mass is 272 g/mol. The Bertz CT molecular complexity index is 564. The second kappa shape index (κ2) is 6.34. The van der Waals surface area contributed by atoms with E-state index in [9.17, 15) is 4.79 Å². The maximum absolute atomic E-state index is 12.0. The SMILES string of the molecule is CC(NC(=O)CC(N)c1ccccc1)c1cnn(C)c1. The maximum atomic E-state index is 12.0. The summed E-state index contributed by atoms with van der Waals surface area (Å²) in [4.78, 5) is 12.0. The van der Waals surface area contributed by atoms with Gasteiger partial charge < -0.3 is 11.1 Å². The first-order valence-electron chi connectivity index (χ1n) is 6.64. The number of aromatic nitrogens is 2. The lowest BCUT2D eigenvalue weighted by Crippen LogP contribution is -2.29. The molecule has 20 heavy (non-hydrogen) atoms. The highest BCUT2D eigenvalue weighted by Gasteiger charge is 2.15. The predicted molar refractivity (Wildman–Crippen MR) is 77.8 cm³/mol. The minimum atomic E-state index is -0.280. The van der Waals surface area contributed by atoms with E-state index in [2.05, 4.69) is 10.4 Å². The number of rotatable bonds is 5.